The summed E-state index contributed by atoms with van der Waals surface area (Å²) in [5.74, 6) is -1.25. The molecule has 0 saturated heterocycles. The molecular formula is C12H26N4O3. The molecule has 0 aliphatic heterocycles. The number of rotatable bonds is 11. The molecule has 6 N–H and O–H groups in total. The van der Waals surface area contributed by atoms with Crippen molar-refractivity contribution in [1.29, 1.82) is 0 Å². The molecule has 0 heterocycles. The smallest absolute Gasteiger partial charge is 0.232 e. The van der Waals surface area contributed by atoms with E-state index < -0.39 is 5.92 Å². The predicted molar refractivity (Wildman–Crippen MR) is 73.3 cm³/mol. The number of nitrogens with one attached hydrogen (secondary N) is 2. The van der Waals surface area contributed by atoms with Crippen LogP contribution in [0.3, 0.4) is 0 Å². The van der Waals surface area contributed by atoms with E-state index in [1.807, 2.05) is 0 Å². The number of hydrogen-bond acceptors (Lipinski definition) is 5. The monoisotopic (exact) mass is 274 g/mol. The largest absolute Gasteiger partial charge is 0.385 e. The highest BCUT2D eigenvalue weighted by Gasteiger charge is 2.25. The van der Waals surface area contributed by atoms with E-state index in [1.54, 1.807) is 7.11 Å². The lowest BCUT2D eigenvalue weighted by atomic mass is 10.00. The third-order valence-electron chi connectivity index (χ3n) is 2.61. The van der Waals surface area contributed by atoms with Crippen molar-refractivity contribution in [2.75, 3.05) is 39.9 Å². The normalized spacial score (nSPS) is 10.5. The van der Waals surface area contributed by atoms with Gasteiger partial charge in [0.15, 0.2) is 0 Å². The quantitative estimate of drug-likeness (QED) is 0.272. The van der Waals surface area contributed by atoms with Gasteiger partial charge < -0.3 is 26.8 Å². The van der Waals surface area contributed by atoms with Crippen molar-refractivity contribution >= 4 is 11.8 Å². The van der Waals surface area contributed by atoms with Gasteiger partial charge in [-0.1, -0.05) is 0 Å². The summed E-state index contributed by atoms with van der Waals surface area (Å²) in [6, 6.07) is 0. The second kappa shape index (κ2) is 11.9. The number of methoxy groups -OCH3 is 1. The average Bonchev–Trinajstić information content (AvgIpc) is 2.42. The molecule has 0 aliphatic rings. The van der Waals surface area contributed by atoms with Crippen molar-refractivity contribution in [2.45, 2.75) is 19.3 Å². The lowest BCUT2D eigenvalue weighted by Gasteiger charge is -2.16. The molecule has 0 aromatic heterocycles. The minimum Gasteiger partial charge on any atom is -0.385 e. The number of hydrogen-bond donors (Lipinski definition) is 4. The van der Waals surface area contributed by atoms with Crippen molar-refractivity contribution in [1.82, 2.24) is 10.6 Å². The fourth-order valence-corrected chi connectivity index (χ4v) is 1.61. The van der Waals surface area contributed by atoms with Crippen LogP contribution in [0.1, 0.15) is 19.3 Å². The topological polar surface area (TPSA) is 119 Å². The molecule has 7 nitrogen and oxygen atoms in total. The summed E-state index contributed by atoms with van der Waals surface area (Å²) < 4.78 is 4.94. The highest BCUT2D eigenvalue weighted by molar-refractivity contribution is 6.00. The van der Waals surface area contributed by atoms with Gasteiger partial charge in [-0.05, 0) is 19.3 Å². The van der Waals surface area contributed by atoms with Crippen LogP contribution in [0.4, 0.5) is 0 Å². The lowest BCUT2D eigenvalue weighted by molar-refractivity contribution is -0.135. The second-order valence-corrected chi connectivity index (χ2v) is 4.20. The van der Waals surface area contributed by atoms with Crippen molar-refractivity contribution in [3.63, 3.8) is 0 Å². The molecule has 0 aromatic rings. The Morgan fingerprint density at radius 3 is 2.00 bits per heavy atom. The number of amides is 2. The van der Waals surface area contributed by atoms with E-state index in [0.29, 0.717) is 39.2 Å². The molecule has 19 heavy (non-hydrogen) atoms. The number of ether oxygens (including phenoxy) is 1. The maximum Gasteiger partial charge on any atom is 0.232 e. The maximum atomic E-state index is 11.9. The Bertz CT molecular complexity index is 241. The van der Waals surface area contributed by atoms with Crippen LogP contribution in [0, 0.1) is 5.92 Å². The van der Waals surface area contributed by atoms with Crippen LogP contribution >= 0.6 is 0 Å². The van der Waals surface area contributed by atoms with Gasteiger partial charge in [-0.2, -0.15) is 0 Å². The highest BCUT2D eigenvalue weighted by Crippen LogP contribution is 2.09. The minimum absolute atomic E-state index is 0.280. The van der Waals surface area contributed by atoms with Gasteiger partial charge in [0, 0.05) is 39.9 Å². The first kappa shape index (κ1) is 17.8. The second-order valence-electron chi connectivity index (χ2n) is 4.20. The zero-order valence-electron chi connectivity index (χ0n) is 11.6. The van der Waals surface area contributed by atoms with E-state index >= 15 is 0 Å². The van der Waals surface area contributed by atoms with Gasteiger partial charge in [-0.3, -0.25) is 9.59 Å². The SMILES string of the molecule is COCCCCC(C(=O)NCCN)C(=O)NCCN. The standard InChI is InChI=1S/C12H26N4O3/c1-19-9-3-2-4-10(11(17)15-7-5-13)12(18)16-8-6-14/h10H,2-9,13-14H2,1H3,(H,15,17)(H,16,18). The first-order valence-corrected chi connectivity index (χ1v) is 6.61. The van der Waals surface area contributed by atoms with Crippen LogP contribution in [0.15, 0.2) is 0 Å². The van der Waals surface area contributed by atoms with E-state index in [0.717, 1.165) is 12.8 Å². The van der Waals surface area contributed by atoms with Crippen LogP contribution in [-0.4, -0.2) is 51.7 Å². The molecule has 0 unspecified atom stereocenters. The van der Waals surface area contributed by atoms with Crippen LogP contribution < -0.4 is 22.1 Å². The van der Waals surface area contributed by atoms with E-state index in [4.69, 9.17) is 16.2 Å². The molecule has 0 spiro atoms. The third kappa shape index (κ3) is 8.52. The predicted octanol–water partition coefficient (Wildman–Crippen LogP) is -1.43. The van der Waals surface area contributed by atoms with Gasteiger partial charge >= 0.3 is 0 Å². The van der Waals surface area contributed by atoms with Crippen molar-refractivity contribution < 1.29 is 14.3 Å². The first-order valence-electron chi connectivity index (χ1n) is 6.61. The number of carbonyl (C=O) groups is 2. The molecule has 0 aliphatic carbocycles. The van der Waals surface area contributed by atoms with Crippen molar-refractivity contribution in [2.24, 2.45) is 17.4 Å². The molecule has 0 aromatic carbocycles. The van der Waals surface area contributed by atoms with E-state index in [2.05, 4.69) is 10.6 Å². The lowest BCUT2D eigenvalue weighted by Crippen LogP contribution is -2.43. The summed E-state index contributed by atoms with van der Waals surface area (Å²) in [5.41, 5.74) is 10.6. The molecule has 112 valence electrons. The summed E-state index contributed by atoms with van der Waals surface area (Å²) in [6.07, 6.45) is 2.07. The molecule has 2 amide bonds. The minimum atomic E-state index is -0.685. The van der Waals surface area contributed by atoms with Gasteiger partial charge in [0.25, 0.3) is 0 Å². The zero-order valence-corrected chi connectivity index (χ0v) is 11.6. The molecule has 0 saturated carbocycles. The summed E-state index contributed by atoms with van der Waals surface area (Å²) in [6.45, 7) is 2.08. The fraction of sp³-hybridized carbons (Fsp3) is 0.833. The van der Waals surface area contributed by atoms with Gasteiger partial charge in [-0.15, -0.1) is 0 Å². The van der Waals surface area contributed by atoms with E-state index in [9.17, 15) is 9.59 Å². The van der Waals surface area contributed by atoms with E-state index in [-0.39, 0.29) is 11.8 Å². The van der Waals surface area contributed by atoms with Crippen LogP contribution in [0.25, 0.3) is 0 Å². The van der Waals surface area contributed by atoms with E-state index in [1.165, 1.54) is 0 Å². The summed E-state index contributed by atoms with van der Waals surface area (Å²) in [5, 5.41) is 5.29. The summed E-state index contributed by atoms with van der Waals surface area (Å²) >= 11 is 0. The molecular weight excluding hydrogens is 248 g/mol. The Kier molecular flexibility index (Phi) is 11.1. The Morgan fingerprint density at radius 2 is 1.58 bits per heavy atom. The Balaban J connectivity index is 4.27. The van der Waals surface area contributed by atoms with Gasteiger partial charge in [0.2, 0.25) is 11.8 Å². The molecule has 7 heteroatoms. The van der Waals surface area contributed by atoms with Gasteiger partial charge in [-0.25, -0.2) is 0 Å². The Hall–Kier alpha value is -1.18. The van der Waals surface area contributed by atoms with Crippen LogP contribution in [0.2, 0.25) is 0 Å². The van der Waals surface area contributed by atoms with Crippen LogP contribution in [-0.2, 0) is 14.3 Å². The van der Waals surface area contributed by atoms with Gasteiger partial charge in [0.1, 0.15) is 5.92 Å². The molecule has 0 rings (SSSR count). The van der Waals surface area contributed by atoms with Gasteiger partial charge in [0.05, 0.1) is 0 Å². The fourth-order valence-electron chi connectivity index (χ4n) is 1.61. The zero-order chi connectivity index (χ0) is 14.5. The maximum absolute atomic E-state index is 11.9. The van der Waals surface area contributed by atoms with Crippen LogP contribution in [0.5, 0.6) is 0 Å². The summed E-state index contributed by atoms with van der Waals surface area (Å²) in [7, 11) is 1.62. The molecule has 0 radical (unpaired) electrons. The molecule has 0 bridgehead atoms. The number of nitrogens with two attached hydrogens (primary N) is 2. The Labute approximate surface area is 114 Å². The van der Waals surface area contributed by atoms with Crippen molar-refractivity contribution in [3.05, 3.63) is 0 Å². The van der Waals surface area contributed by atoms with Crippen molar-refractivity contribution in [3.8, 4) is 0 Å². The average molecular weight is 274 g/mol. The summed E-state index contributed by atoms with van der Waals surface area (Å²) in [4.78, 5) is 23.8. The highest BCUT2D eigenvalue weighted by atomic mass is 16.5. The third-order valence-corrected chi connectivity index (χ3v) is 2.61. The molecule has 0 fully saturated rings. The molecule has 0 atom stereocenters. The number of unbranched alkanes of at least 4 members (excludes halogenated alkanes) is 1. The Morgan fingerprint density at radius 1 is 1.05 bits per heavy atom. The first-order chi connectivity index (χ1) is 9.17. The number of carbonyl (C=O) groups excluding carboxylic acids is 2.